The number of benzene rings is 4. The van der Waals surface area contributed by atoms with E-state index in [1.807, 2.05) is 0 Å². The van der Waals surface area contributed by atoms with Gasteiger partial charge in [-0.25, -0.2) is 19.2 Å². The summed E-state index contributed by atoms with van der Waals surface area (Å²) in [5.74, 6) is -3.12. The fourth-order valence-electron chi connectivity index (χ4n) is 4.73. The molecule has 226 valence electrons. The monoisotopic (exact) mass is 604 g/mol. The Morgan fingerprint density at radius 1 is 0.644 bits per heavy atom. The van der Waals surface area contributed by atoms with Crippen LogP contribution in [-0.2, 0) is 23.7 Å². The molecule has 0 bridgehead atoms. The van der Waals surface area contributed by atoms with Crippen LogP contribution >= 0.6 is 0 Å². The van der Waals surface area contributed by atoms with E-state index < -0.39 is 54.6 Å². The van der Waals surface area contributed by atoms with Gasteiger partial charge in [0.05, 0.1) is 22.3 Å². The van der Waals surface area contributed by atoms with Gasteiger partial charge in [0.15, 0.2) is 6.10 Å². The van der Waals surface area contributed by atoms with Gasteiger partial charge in [0, 0.05) is 6.08 Å². The van der Waals surface area contributed by atoms with Crippen LogP contribution < -0.4 is 0 Å². The van der Waals surface area contributed by atoms with Gasteiger partial charge in [-0.3, -0.25) is 0 Å². The molecule has 4 atom stereocenters. The highest BCUT2D eigenvalue weighted by Gasteiger charge is 2.63. The molecule has 1 aliphatic heterocycles. The van der Waals surface area contributed by atoms with E-state index in [4.69, 9.17) is 23.7 Å². The third-order valence-electron chi connectivity index (χ3n) is 6.91. The summed E-state index contributed by atoms with van der Waals surface area (Å²) in [6, 6.07) is 32.5. The van der Waals surface area contributed by atoms with E-state index in [9.17, 15) is 19.2 Å². The fraction of sp³-hybridized carbons (Fsp3) is 0.139. The van der Waals surface area contributed by atoms with E-state index in [2.05, 4.69) is 12.3 Å². The van der Waals surface area contributed by atoms with Crippen molar-refractivity contribution in [1.82, 2.24) is 0 Å². The topological polar surface area (TPSA) is 114 Å². The van der Waals surface area contributed by atoms with Crippen molar-refractivity contribution in [3.8, 4) is 0 Å². The average molecular weight is 605 g/mol. The molecule has 0 aromatic heterocycles. The SMILES string of the molecule is C=C=C[C@]1(OC(=O)c2ccccc2)C(OC(=O)c2ccccc2)O[C@H](COC(=O)c2ccccc2)C1OC(=O)c1ccccc1. The van der Waals surface area contributed by atoms with Gasteiger partial charge in [0.2, 0.25) is 5.60 Å². The van der Waals surface area contributed by atoms with Crippen molar-refractivity contribution in [2.24, 2.45) is 0 Å². The first kappa shape index (κ1) is 30.7. The minimum Gasteiger partial charge on any atom is -0.459 e. The Balaban J connectivity index is 1.55. The molecule has 0 amide bonds. The van der Waals surface area contributed by atoms with Crippen LogP contribution in [0.4, 0.5) is 0 Å². The zero-order chi connectivity index (χ0) is 31.6. The first-order valence-corrected chi connectivity index (χ1v) is 14.0. The summed E-state index contributed by atoms with van der Waals surface area (Å²) in [5.41, 5.74) is 1.28. The second kappa shape index (κ2) is 14.1. The Kier molecular flexibility index (Phi) is 9.64. The van der Waals surface area contributed by atoms with Gasteiger partial charge in [0.25, 0.3) is 6.29 Å². The summed E-state index contributed by atoms with van der Waals surface area (Å²) in [6.07, 6.45) is -3.24. The standard InChI is InChI=1S/C36H28O9/c1-2-23-36(45-34(40)28-21-13-6-14-22-28)30(43-32(38)26-17-9-4-10-18-26)29(24-41-31(37)25-15-7-3-8-16-25)42-35(36)44-33(39)27-19-11-5-12-20-27/h3-23,29-30,35H,1,24H2/t29-,30?,35?,36-/m1/s1. The smallest absolute Gasteiger partial charge is 0.340 e. The first-order valence-electron chi connectivity index (χ1n) is 14.0. The highest BCUT2D eigenvalue weighted by Crippen LogP contribution is 2.40. The fourth-order valence-corrected chi connectivity index (χ4v) is 4.73. The van der Waals surface area contributed by atoms with Gasteiger partial charge in [-0.15, -0.1) is 5.73 Å². The lowest BCUT2D eigenvalue weighted by Gasteiger charge is -2.33. The number of carbonyl (C=O) groups is 4. The molecule has 9 nitrogen and oxygen atoms in total. The van der Waals surface area contributed by atoms with Crippen LogP contribution in [0.15, 0.2) is 140 Å². The van der Waals surface area contributed by atoms with E-state index in [1.54, 1.807) is 84.9 Å². The zero-order valence-electron chi connectivity index (χ0n) is 23.9. The van der Waals surface area contributed by atoms with Crippen molar-refractivity contribution >= 4 is 23.9 Å². The third-order valence-corrected chi connectivity index (χ3v) is 6.91. The second-order valence-electron chi connectivity index (χ2n) is 9.89. The molecule has 0 N–H and O–H groups in total. The number of esters is 4. The number of hydrogen-bond acceptors (Lipinski definition) is 9. The molecule has 45 heavy (non-hydrogen) atoms. The van der Waals surface area contributed by atoms with Crippen molar-refractivity contribution in [3.63, 3.8) is 0 Å². The van der Waals surface area contributed by atoms with Crippen molar-refractivity contribution in [1.29, 1.82) is 0 Å². The predicted octanol–water partition coefficient (Wildman–Crippen LogP) is 5.59. The summed E-state index contributed by atoms with van der Waals surface area (Å²) in [5, 5.41) is 0. The zero-order valence-corrected chi connectivity index (χ0v) is 23.9. The van der Waals surface area contributed by atoms with E-state index >= 15 is 0 Å². The van der Waals surface area contributed by atoms with Crippen LogP contribution in [0.3, 0.4) is 0 Å². The molecule has 9 heteroatoms. The molecule has 1 fully saturated rings. The lowest BCUT2D eigenvalue weighted by atomic mass is 9.93. The first-order chi connectivity index (χ1) is 21.9. The van der Waals surface area contributed by atoms with Crippen LogP contribution in [0.5, 0.6) is 0 Å². The number of carbonyl (C=O) groups excluding carboxylic acids is 4. The maximum absolute atomic E-state index is 13.5. The van der Waals surface area contributed by atoms with E-state index in [0.29, 0.717) is 0 Å². The molecule has 2 unspecified atom stereocenters. The summed E-state index contributed by atoms with van der Waals surface area (Å²) < 4.78 is 29.4. The van der Waals surface area contributed by atoms with Crippen LogP contribution in [0.25, 0.3) is 0 Å². The highest BCUT2D eigenvalue weighted by molar-refractivity contribution is 5.92. The molecule has 5 rings (SSSR count). The van der Waals surface area contributed by atoms with Gasteiger partial charge in [-0.1, -0.05) is 79.4 Å². The van der Waals surface area contributed by atoms with Crippen LogP contribution in [-0.4, -0.2) is 54.6 Å². The van der Waals surface area contributed by atoms with Crippen LogP contribution in [0.2, 0.25) is 0 Å². The lowest BCUT2D eigenvalue weighted by molar-refractivity contribution is -0.164. The minimum atomic E-state index is -2.10. The normalized spacial score (nSPS) is 20.2. The minimum absolute atomic E-state index is 0.162. The molecule has 0 radical (unpaired) electrons. The lowest BCUT2D eigenvalue weighted by Crippen LogP contribution is -2.53. The summed E-state index contributed by atoms with van der Waals surface area (Å²) in [7, 11) is 0. The summed E-state index contributed by atoms with van der Waals surface area (Å²) in [4.78, 5) is 53.1. The Bertz CT molecular complexity index is 1680. The van der Waals surface area contributed by atoms with Crippen molar-refractivity contribution in [3.05, 3.63) is 162 Å². The summed E-state index contributed by atoms with van der Waals surface area (Å²) in [6.45, 7) is 3.18. The van der Waals surface area contributed by atoms with Gasteiger partial charge < -0.3 is 23.7 Å². The van der Waals surface area contributed by atoms with Gasteiger partial charge in [-0.2, -0.15) is 0 Å². The third kappa shape index (κ3) is 7.08. The number of ether oxygens (including phenoxy) is 5. The molecule has 1 aliphatic rings. The Morgan fingerprint density at radius 2 is 1.07 bits per heavy atom. The van der Waals surface area contributed by atoms with Crippen molar-refractivity contribution < 1.29 is 42.9 Å². The Labute approximate surface area is 259 Å². The van der Waals surface area contributed by atoms with Gasteiger partial charge in [0.1, 0.15) is 12.7 Å². The Morgan fingerprint density at radius 3 is 1.53 bits per heavy atom. The largest absolute Gasteiger partial charge is 0.459 e. The van der Waals surface area contributed by atoms with E-state index in [0.717, 1.165) is 0 Å². The maximum Gasteiger partial charge on any atom is 0.340 e. The number of rotatable bonds is 10. The molecule has 0 aliphatic carbocycles. The van der Waals surface area contributed by atoms with Gasteiger partial charge >= 0.3 is 23.9 Å². The van der Waals surface area contributed by atoms with Crippen LogP contribution in [0, 0.1) is 0 Å². The van der Waals surface area contributed by atoms with Crippen LogP contribution in [0.1, 0.15) is 41.4 Å². The molecular formula is C36H28O9. The predicted molar refractivity (Wildman–Crippen MR) is 161 cm³/mol. The van der Waals surface area contributed by atoms with E-state index in [-0.39, 0.29) is 22.3 Å². The second-order valence-corrected chi connectivity index (χ2v) is 9.89. The van der Waals surface area contributed by atoms with Gasteiger partial charge in [-0.05, 0) is 48.5 Å². The average Bonchev–Trinajstić information content (AvgIpc) is 3.35. The van der Waals surface area contributed by atoms with Crippen molar-refractivity contribution in [2.75, 3.05) is 6.61 Å². The maximum atomic E-state index is 13.5. The summed E-state index contributed by atoms with van der Waals surface area (Å²) >= 11 is 0. The molecule has 0 saturated carbocycles. The molecule has 0 spiro atoms. The quantitative estimate of drug-likeness (QED) is 0.130. The highest BCUT2D eigenvalue weighted by atomic mass is 16.8. The molecule has 4 aromatic carbocycles. The Hall–Kier alpha value is -5.76. The molecule has 1 heterocycles. The van der Waals surface area contributed by atoms with E-state index in [1.165, 1.54) is 42.5 Å². The molecular weight excluding hydrogens is 576 g/mol. The molecule has 4 aromatic rings. The van der Waals surface area contributed by atoms with Crippen molar-refractivity contribution in [2.45, 2.75) is 24.1 Å². The molecule has 1 saturated heterocycles. The number of hydrogen-bond donors (Lipinski definition) is 0.